The molecule has 2 aromatic carbocycles. The Hall–Kier alpha value is -3.37. The van der Waals surface area contributed by atoms with E-state index >= 15 is 0 Å². The quantitative estimate of drug-likeness (QED) is 0.546. The van der Waals surface area contributed by atoms with Crippen molar-refractivity contribution in [3.8, 4) is 34.6 Å². The molecule has 0 aliphatic heterocycles. The van der Waals surface area contributed by atoms with Crippen LogP contribution in [0.2, 0.25) is 0 Å². The number of benzene rings is 2. The van der Waals surface area contributed by atoms with Crippen LogP contribution in [0.15, 0.2) is 41.8 Å². The molecule has 142 valence electrons. The van der Waals surface area contributed by atoms with Gasteiger partial charge in [0.2, 0.25) is 0 Å². The molecule has 0 aliphatic rings. The van der Waals surface area contributed by atoms with Gasteiger partial charge in [0.05, 0.1) is 32.6 Å². The van der Waals surface area contributed by atoms with Gasteiger partial charge in [-0.15, -0.1) is 11.3 Å². The second-order valence-electron chi connectivity index (χ2n) is 5.66. The van der Waals surface area contributed by atoms with Crippen LogP contribution in [0.5, 0.6) is 17.2 Å². The van der Waals surface area contributed by atoms with E-state index in [1.54, 1.807) is 51.7 Å². The van der Waals surface area contributed by atoms with Crippen molar-refractivity contribution >= 4 is 23.0 Å². The van der Waals surface area contributed by atoms with Crippen molar-refractivity contribution in [2.45, 2.75) is 0 Å². The number of thiazole rings is 1. The Morgan fingerprint density at radius 1 is 1.04 bits per heavy atom. The molecule has 0 atom stereocenters. The summed E-state index contributed by atoms with van der Waals surface area (Å²) in [4.78, 5) is 4.52. The number of allylic oxidation sites excluding steroid dienone is 1. The summed E-state index contributed by atoms with van der Waals surface area (Å²) in [7, 11) is 4.62. The third kappa shape index (κ3) is 3.97. The second-order valence-corrected chi connectivity index (χ2v) is 6.52. The van der Waals surface area contributed by atoms with Crippen molar-refractivity contribution in [1.82, 2.24) is 4.98 Å². The van der Waals surface area contributed by atoms with Gasteiger partial charge in [0, 0.05) is 22.6 Å². The third-order valence-electron chi connectivity index (χ3n) is 4.03. The summed E-state index contributed by atoms with van der Waals surface area (Å²) in [5.74, 6) is 1.29. The molecule has 1 aromatic heterocycles. The monoisotopic (exact) mass is 396 g/mol. The molecule has 0 fully saturated rings. The van der Waals surface area contributed by atoms with Gasteiger partial charge in [-0.3, -0.25) is 0 Å². The number of methoxy groups -OCH3 is 3. The molecule has 0 amide bonds. The molecule has 0 unspecified atom stereocenters. The first kappa shape index (κ1) is 19.4. The maximum atomic E-state index is 13.1. The summed E-state index contributed by atoms with van der Waals surface area (Å²) in [5.41, 5.74) is 2.50. The summed E-state index contributed by atoms with van der Waals surface area (Å²) in [6.45, 7) is 0. The Balaban J connectivity index is 2.01. The van der Waals surface area contributed by atoms with Gasteiger partial charge in [-0.2, -0.15) is 5.26 Å². The highest BCUT2D eigenvalue weighted by Crippen LogP contribution is 2.37. The number of hydrogen-bond donors (Lipinski definition) is 0. The largest absolute Gasteiger partial charge is 0.496 e. The van der Waals surface area contributed by atoms with Crippen molar-refractivity contribution in [2.75, 3.05) is 21.3 Å². The molecular formula is C21H17FN2O3S. The van der Waals surface area contributed by atoms with Gasteiger partial charge in [-0.25, -0.2) is 9.37 Å². The van der Waals surface area contributed by atoms with Crippen LogP contribution in [0, 0.1) is 17.1 Å². The van der Waals surface area contributed by atoms with Crippen molar-refractivity contribution < 1.29 is 18.6 Å². The van der Waals surface area contributed by atoms with Gasteiger partial charge >= 0.3 is 0 Å². The highest BCUT2D eigenvalue weighted by Gasteiger charge is 2.14. The normalized spacial score (nSPS) is 11.0. The fourth-order valence-corrected chi connectivity index (χ4v) is 3.41. The van der Waals surface area contributed by atoms with E-state index in [1.165, 1.54) is 23.5 Å². The van der Waals surface area contributed by atoms with Crippen LogP contribution in [-0.2, 0) is 0 Å². The maximum absolute atomic E-state index is 13.1. The summed E-state index contributed by atoms with van der Waals surface area (Å²) in [6.07, 6.45) is 1.69. The van der Waals surface area contributed by atoms with E-state index in [1.807, 2.05) is 5.38 Å². The lowest BCUT2D eigenvalue weighted by atomic mass is 10.1. The number of nitriles is 1. The Bertz CT molecular complexity index is 1050. The number of aromatic nitrogens is 1. The second kappa shape index (κ2) is 8.55. The van der Waals surface area contributed by atoms with E-state index in [-0.39, 0.29) is 5.82 Å². The van der Waals surface area contributed by atoms with Crippen LogP contribution in [0.25, 0.3) is 22.9 Å². The number of halogens is 1. The van der Waals surface area contributed by atoms with E-state index in [2.05, 4.69) is 11.1 Å². The molecule has 0 saturated carbocycles. The molecule has 5 nitrogen and oxygen atoms in total. The first-order chi connectivity index (χ1) is 13.6. The third-order valence-corrected chi connectivity index (χ3v) is 4.91. The Kier molecular flexibility index (Phi) is 5.92. The highest BCUT2D eigenvalue weighted by atomic mass is 32.1. The van der Waals surface area contributed by atoms with Crippen LogP contribution >= 0.6 is 11.3 Å². The van der Waals surface area contributed by atoms with E-state index < -0.39 is 0 Å². The minimum absolute atomic E-state index is 0.308. The molecule has 0 saturated heterocycles. The smallest absolute Gasteiger partial charge is 0.164 e. The maximum Gasteiger partial charge on any atom is 0.164 e. The van der Waals surface area contributed by atoms with Gasteiger partial charge < -0.3 is 14.2 Å². The standard InChI is InChI=1S/C21H17FN2O3S/c1-25-18-10-20(27-3)19(26-2)9-14(18)8-15(11-23)21-24-17(12-28-21)13-4-6-16(22)7-5-13/h4-10,12H,1-3H3/b15-8+. The van der Waals surface area contributed by atoms with E-state index in [0.717, 1.165) is 5.56 Å². The highest BCUT2D eigenvalue weighted by molar-refractivity contribution is 7.11. The summed E-state index contributed by atoms with van der Waals surface area (Å²) < 4.78 is 29.1. The first-order valence-electron chi connectivity index (χ1n) is 8.23. The van der Waals surface area contributed by atoms with Crippen molar-refractivity contribution in [3.05, 3.63) is 58.2 Å². The van der Waals surface area contributed by atoms with Gasteiger partial charge in [-0.05, 0) is 36.4 Å². The number of ether oxygens (including phenoxy) is 3. The molecule has 1 heterocycles. The average Bonchev–Trinajstić information content (AvgIpc) is 3.21. The molecule has 28 heavy (non-hydrogen) atoms. The minimum Gasteiger partial charge on any atom is -0.496 e. The van der Waals surface area contributed by atoms with Crippen molar-refractivity contribution in [1.29, 1.82) is 5.26 Å². The molecule has 3 rings (SSSR count). The van der Waals surface area contributed by atoms with Crippen LogP contribution in [0.1, 0.15) is 10.6 Å². The molecular weight excluding hydrogens is 379 g/mol. The topological polar surface area (TPSA) is 64.4 Å². The fraction of sp³-hybridized carbons (Fsp3) is 0.143. The lowest BCUT2D eigenvalue weighted by Gasteiger charge is -2.12. The molecule has 0 spiro atoms. The number of rotatable bonds is 6. The Morgan fingerprint density at radius 3 is 2.29 bits per heavy atom. The first-order valence-corrected chi connectivity index (χ1v) is 9.11. The predicted molar refractivity (Wildman–Crippen MR) is 107 cm³/mol. The lowest BCUT2D eigenvalue weighted by molar-refractivity contribution is 0.348. The summed E-state index contributed by atoms with van der Waals surface area (Å²) >= 11 is 1.34. The summed E-state index contributed by atoms with van der Waals surface area (Å²) in [5, 5.41) is 12.0. The lowest BCUT2D eigenvalue weighted by Crippen LogP contribution is -1.95. The molecule has 3 aromatic rings. The fourth-order valence-electron chi connectivity index (χ4n) is 2.61. The molecule has 0 aliphatic carbocycles. The molecule has 0 bridgehead atoms. The Morgan fingerprint density at radius 2 is 1.68 bits per heavy atom. The zero-order chi connectivity index (χ0) is 20.1. The van der Waals surface area contributed by atoms with Gasteiger partial charge in [0.25, 0.3) is 0 Å². The van der Waals surface area contributed by atoms with Gasteiger partial charge in [-0.1, -0.05) is 0 Å². The minimum atomic E-state index is -0.308. The van der Waals surface area contributed by atoms with Crippen LogP contribution < -0.4 is 14.2 Å². The van der Waals surface area contributed by atoms with Crippen LogP contribution in [0.4, 0.5) is 4.39 Å². The van der Waals surface area contributed by atoms with E-state index in [0.29, 0.717) is 39.1 Å². The van der Waals surface area contributed by atoms with Crippen LogP contribution in [0.3, 0.4) is 0 Å². The predicted octanol–water partition coefficient (Wildman–Crippen LogP) is 5.04. The van der Waals surface area contributed by atoms with Crippen molar-refractivity contribution in [2.24, 2.45) is 0 Å². The number of nitrogens with zero attached hydrogens (tertiary/aromatic N) is 2. The van der Waals surface area contributed by atoms with E-state index in [4.69, 9.17) is 14.2 Å². The summed E-state index contributed by atoms with van der Waals surface area (Å²) in [6, 6.07) is 11.7. The Labute approximate surface area is 166 Å². The molecule has 0 N–H and O–H groups in total. The van der Waals surface area contributed by atoms with Gasteiger partial charge in [0.1, 0.15) is 22.6 Å². The average molecular weight is 396 g/mol. The van der Waals surface area contributed by atoms with E-state index in [9.17, 15) is 9.65 Å². The zero-order valence-corrected chi connectivity index (χ0v) is 16.3. The zero-order valence-electron chi connectivity index (χ0n) is 15.5. The van der Waals surface area contributed by atoms with Gasteiger partial charge in [0.15, 0.2) is 11.5 Å². The SMILES string of the molecule is COc1cc(OC)c(OC)cc1/C=C(\C#N)c1nc(-c2ccc(F)cc2)cs1. The molecule has 0 radical (unpaired) electrons. The van der Waals surface area contributed by atoms with Crippen molar-refractivity contribution in [3.63, 3.8) is 0 Å². The van der Waals surface area contributed by atoms with Crippen LogP contribution in [-0.4, -0.2) is 26.3 Å². The molecule has 7 heteroatoms. The number of hydrogen-bond acceptors (Lipinski definition) is 6.